The summed E-state index contributed by atoms with van der Waals surface area (Å²) in [6, 6.07) is 5.91. The summed E-state index contributed by atoms with van der Waals surface area (Å²) in [5.74, 6) is 0. The van der Waals surface area contributed by atoms with Gasteiger partial charge in [0.25, 0.3) is 0 Å². The molecular weight excluding hydrogens is 264 g/mol. The van der Waals surface area contributed by atoms with Crippen LogP contribution in [-0.4, -0.2) is 4.98 Å². The van der Waals surface area contributed by atoms with Gasteiger partial charge in [0.1, 0.15) is 10.9 Å². The number of anilines is 2. The van der Waals surface area contributed by atoms with Gasteiger partial charge in [0.2, 0.25) is 0 Å². The Kier molecular flexibility index (Phi) is 2.44. The first-order chi connectivity index (χ1) is 8.72. The summed E-state index contributed by atoms with van der Waals surface area (Å²) >= 11 is 2.95. The van der Waals surface area contributed by atoms with Crippen LogP contribution >= 0.6 is 22.7 Å². The molecule has 0 aliphatic rings. The predicted molar refractivity (Wildman–Crippen MR) is 76.5 cm³/mol. The van der Waals surface area contributed by atoms with Crippen molar-refractivity contribution in [3.63, 3.8) is 0 Å². The van der Waals surface area contributed by atoms with Gasteiger partial charge >= 0.3 is 0 Å². The molecule has 0 aliphatic heterocycles. The maximum Gasteiger partial charge on any atom is 0.129 e. The third-order valence-electron chi connectivity index (χ3n) is 2.67. The van der Waals surface area contributed by atoms with Gasteiger partial charge in [0, 0.05) is 12.4 Å². The Morgan fingerprint density at radius 3 is 2.44 bits per heavy atom. The van der Waals surface area contributed by atoms with Crippen molar-refractivity contribution >= 4 is 43.4 Å². The Morgan fingerprint density at radius 1 is 1.11 bits per heavy atom. The molecule has 0 bridgehead atoms. The van der Waals surface area contributed by atoms with Crippen molar-refractivity contribution in [2.24, 2.45) is 0 Å². The Labute approximate surface area is 111 Å². The number of rotatable bonds is 1. The van der Waals surface area contributed by atoms with Crippen LogP contribution in [0.2, 0.25) is 0 Å². The highest BCUT2D eigenvalue weighted by Crippen LogP contribution is 2.48. The average molecular weight is 272 g/mol. The van der Waals surface area contributed by atoms with Crippen LogP contribution in [0.1, 0.15) is 4.88 Å². The number of nitrogens with zero attached hydrogens (tertiary/aromatic N) is 2. The minimum Gasteiger partial charge on any atom is -0.397 e. The van der Waals surface area contributed by atoms with Crippen molar-refractivity contribution < 1.29 is 0 Å². The molecule has 18 heavy (non-hydrogen) atoms. The second kappa shape index (κ2) is 3.98. The molecule has 3 aromatic rings. The van der Waals surface area contributed by atoms with E-state index >= 15 is 0 Å². The quantitative estimate of drug-likeness (QED) is 0.712. The third kappa shape index (κ3) is 1.45. The molecule has 88 valence electrons. The van der Waals surface area contributed by atoms with Crippen molar-refractivity contribution in [2.75, 3.05) is 11.5 Å². The topological polar surface area (TPSA) is 88.7 Å². The number of pyridine rings is 1. The Hall–Kier alpha value is -2.10. The van der Waals surface area contributed by atoms with Gasteiger partial charge in [-0.3, -0.25) is 4.98 Å². The number of nitriles is 1. The molecule has 3 heterocycles. The van der Waals surface area contributed by atoms with Crippen LogP contribution in [0.15, 0.2) is 24.5 Å². The minimum atomic E-state index is 0.492. The maximum atomic E-state index is 8.95. The van der Waals surface area contributed by atoms with E-state index in [1.807, 2.05) is 12.1 Å². The number of nitrogen functional groups attached to an aromatic ring is 2. The van der Waals surface area contributed by atoms with E-state index < -0.39 is 0 Å². The predicted octanol–water partition coefficient (Wildman–Crippen LogP) is 3.06. The molecule has 4 nitrogen and oxygen atoms in total. The fourth-order valence-corrected chi connectivity index (χ4v) is 4.22. The molecule has 0 radical (unpaired) electrons. The van der Waals surface area contributed by atoms with Gasteiger partial charge in [-0.25, -0.2) is 0 Å². The number of hydrogen-bond donors (Lipinski definition) is 2. The van der Waals surface area contributed by atoms with Gasteiger partial charge < -0.3 is 11.5 Å². The number of nitrogens with two attached hydrogens (primary N) is 2. The lowest BCUT2D eigenvalue weighted by atomic mass is 10.1. The second-order valence-electron chi connectivity index (χ2n) is 3.70. The van der Waals surface area contributed by atoms with E-state index in [4.69, 9.17) is 16.7 Å². The smallest absolute Gasteiger partial charge is 0.129 e. The molecule has 3 aromatic heterocycles. The molecule has 0 aromatic carbocycles. The highest BCUT2D eigenvalue weighted by atomic mass is 32.2. The van der Waals surface area contributed by atoms with Crippen molar-refractivity contribution in [2.45, 2.75) is 0 Å². The Morgan fingerprint density at radius 2 is 1.83 bits per heavy atom. The second-order valence-corrected chi connectivity index (χ2v) is 6.00. The fourth-order valence-electron chi connectivity index (χ4n) is 1.81. The van der Waals surface area contributed by atoms with E-state index in [-0.39, 0.29) is 0 Å². The van der Waals surface area contributed by atoms with Gasteiger partial charge in [-0.1, -0.05) is 0 Å². The lowest BCUT2D eigenvalue weighted by Gasteiger charge is -1.99. The lowest BCUT2D eigenvalue weighted by molar-refractivity contribution is 1.33. The summed E-state index contributed by atoms with van der Waals surface area (Å²) in [7, 11) is 0. The van der Waals surface area contributed by atoms with Gasteiger partial charge in [0.15, 0.2) is 0 Å². The number of fused-ring (bicyclic) bond motifs is 1. The van der Waals surface area contributed by atoms with Gasteiger partial charge in [-0.15, -0.1) is 22.7 Å². The summed E-state index contributed by atoms with van der Waals surface area (Å²) in [4.78, 5) is 5.50. The summed E-state index contributed by atoms with van der Waals surface area (Å²) in [5.41, 5.74) is 14.3. The van der Waals surface area contributed by atoms with E-state index in [0.29, 0.717) is 16.3 Å². The first kappa shape index (κ1) is 11.0. The van der Waals surface area contributed by atoms with E-state index in [1.165, 1.54) is 11.3 Å². The van der Waals surface area contributed by atoms with Crippen LogP contribution in [0, 0.1) is 11.3 Å². The molecule has 0 saturated carbocycles. The Bertz CT molecular complexity index is 765. The maximum absolute atomic E-state index is 8.95. The van der Waals surface area contributed by atoms with Crippen LogP contribution in [0.25, 0.3) is 19.8 Å². The summed E-state index contributed by atoms with van der Waals surface area (Å²) in [6.45, 7) is 0. The molecule has 0 spiro atoms. The molecule has 0 amide bonds. The molecule has 0 unspecified atom stereocenters. The number of aromatic nitrogens is 1. The van der Waals surface area contributed by atoms with Crippen LogP contribution in [0.3, 0.4) is 0 Å². The summed E-state index contributed by atoms with van der Waals surface area (Å²) in [5, 5.41) is 9.76. The molecule has 0 fully saturated rings. The first-order valence-corrected chi connectivity index (χ1v) is 6.76. The number of thiophene rings is 2. The largest absolute Gasteiger partial charge is 0.397 e. The van der Waals surface area contributed by atoms with Crippen LogP contribution in [-0.2, 0) is 0 Å². The van der Waals surface area contributed by atoms with Gasteiger partial charge in [-0.05, 0) is 17.7 Å². The van der Waals surface area contributed by atoms with Crippen molar-refractivity contribution in [1.29, 1.82) is 5.26 Å². The fraction of sp³-hybridized carbons (Fsp3) is 0. The zero-order valence-corrected chi connectivity index (χ0v) is 10.8. The summed E-state index contributed by atoms with van der Waals surface area (Å²) in [6.07, 6.45) is 3.46. The standard InChI is InChI=1S/C12H8N4S2/c13-5-7-9(14)8-10(15)11(18-12(8)17-7)6-1-3-16-4-2-6/h1-4H,14-15H2. The van der Waals surface area contributed by atoms with Crippen LogP contribution in [0.4, 0.5) is 11.4 Å². The van der Waals surface area contributed by atoms with Crippen molar-refractivity contribution in [1.82, 2.24) is 4.98 Å². The highest BCUT2D eigenvalue weighted by molar-refractivity contribution is 7.40. The van der Waals surface area contributed by atoms with Crippen LogP contribution < -0.4 is 11.5 Å². The molecule has 0 aliphatic carbocycles. The molecule has 4 N–H and O–H groups in total. The van der Waals surface area contributed by atoms with Gasteiger partial charge in [0.05, 0.1) is 25.7 Å². The molecule has 3 rings (SSSR count). The van der Waals surface area contributed by atoms with E-state index in [0.717, 1.165) is 19.8 Å². The minimum absolute atomic E-state index is 0.492. The molecule has 0 atom stereocenters. The van der Waals surface area contributed by atoms with Crippen molar-refractivity contribution in [3.05, 3.63) is 29.4 Å². The van der Waals surface area contributed by atoms with Crippen LogP contribution in [0.5, 0.6) is 0 Å². The van der Waals surface area contributed by atoms with E-state index in [9.17, 15) is 0 Å². The third-order valence-corrected chi connectivity index (χ3v) is 5.12. The monoisotopic (exact) mass is 272 g/mol. The van der Waals surface area contributed by atoms with Gasteiger partial charge in [-0.2, -0.15) is 5.26 Å². The Balaban J connectivity index is 2.29. The zero-order chi connectivity index (χ0) is 12.7. The average Bonchev–Trinajstić information content (AvgIpc) is 2.89. The van der Waals surface area contributed by atoms with Crippen molar-refractivity contribution in [3.8, 4) is 16.5 Å². The molecule has 6 heteroatoms. The molecule has 0 saturated heterocycles. The highest BCUT2D eigenvalue weighted by Gasteiger charge is 2.18. The SMILES string of the molecule is N#Cc1sc2sc(-c3ccncc3)c(N)c2c1N. The zero-order valence-electron chi connectivity index (χ0n) is 9.18. The lowest BCUT2D eigenvalue weighted by Crippen LogP contribution is -1.90. The summed E-state index contributed by atoms with van der Waals surface area (Å²) < 4.78 is 0.994. The normalized spacial score (nSPS) is 10.6. The van der Waals surface area contributed by atoms with E-state index in [2.05, 4.69) is 11.1 Å². The van der Waals surface area contributed by atoms with E-state index in [1.54, 1.807) is 23.7 Å². The molecular formula is C12H8N4S2. The number of hydrogen-bond acceptors (Lipinski definition) is 6. The first-order valence-electron chi connectivity index (χ1n) is 5.13.